The molecule has 1 aliphatic heterocycles. The average Bonchev–Trinajstić information content (AvgIpc) is 2.65. The molecular formula is C20H33N3O3. The Hall–Kier alpha value is -1.79. The van der Waals surface area contributed by atoms with E-state index in [1.54, 1.807) is 12.0 Å². The SMILES string of the molecule is COc1ccc(CN(C)C(=O)NCC(CC(C)C)N2CCOCC2)cc1. The fourth-order valence-electron chi connectivity index (χ4n) is 3.26. The minimum atomic E-state index is -0.0390. The highest BCUT2D eigenvalue weighted by atomic mass is 16.5. The van der Waals surface area contributed by atoms with Crippen molar-refractivity contribution in [3.05, 3.63) is 29.8 Å². The summed E-state index contributed by atoms with van der Waals surface area (Å²) in [6, 6.07) is 8.12. The number of hydrogen-bond acceptors (Lipinski definition) is 4. The van der Waals surface area contributed by atoms with Crippen LogP contribution in [-0.4, -0.2) is 68.9 Å². The third kappa shape index (κ3) is 6.50. The quantitative estimate of drug-likeness (QED) is 0.771. The van der Waals surface area contributed by atoms with Crippen molar-refractivity contribution >= 4 is 6.03 Å². The van der Waals surface area contributed by atoms with Gasteiger partial charge < -0.3 is 19.7 Å². The van der Waals surface area contributed by atoms with Crippen LogP contribution in [0.4, 0.5) is 4.79 Å². The third-order valence-corrected chi connectivity index (χ3v) is 4.72. The zero-order chi connectivity index (χ0) is 18.9. The van der Waals surface area contributed by atoms with Crippen LogP contribution >= 0.6 is 0 Å². The summed E-state index contributed by atoms with van der Waals surface area (Å²) in [6.45, 7) is 9.13. The van der Waals surface area contributed by atoms with Crippen LogP contribution in [0, 0.1) is 5.92 Å². The number of amides is 2. The number of ether oxygens (including phenoxy) is 2. The first-order valence-corrected chi connectivity index (χ1v) is 9.43. The molecule has 1 atom stereocenters. The van der Waals surface area contributed by atoms with Crippen LogP contribution in [0.25, 0.3) is 0 Å². The van der Waals surface area contributed by atoms with Gasteiger partial charge in [0.05, 0.1) is 20.3 Å². The maximum Gasteiger partial charge on any atom is 0.317 e. The van der Waals surface area contributed by atoms with Crippen LogP contribution < -0.4 is 10.1 Å². The maximum atomic E-state index is 12.5. The van der Waals surface area contributed by atoms with Crippen molar-refractivity contribution in [2.24, 2.45) is 5.92 Å². The van der Waals surface area contributed by atoms with Crippen LogP contribution in [0.1, 0.15) is 25.8 Å². The first kappa shape index (κ1) is 20.5. The Morgan fingerprint density at radius 2 is 1.92 bits per heavy atom. The minimum absolute atomic E-state index is 0.0390. The fraction of sp³-hybridized carbons (Fsp3) is 0.650. The Morgan fingerprint density at radius 1 is 1.27 bits per heavy atom. The second kappa shape index (κ2) is 10.4. The van der Waals surface area contributed by atoms with E-state index in [2.05, 4.69) is 24.1 Å². The summed E-state index contributed by atoms with van der Waals surface area (Å²) >= 11 is 0. The van der Waals surface area contributed by atoms with Gasteiger partial charge in [0.1, 0.15) is 5.75 Å². The minimum Gasteiger partial charge on any atom is -0.497 e. The van der Waals surface area contributed by atoms with Crippen molar-refractivity contribution in [1.29, 1.82) is 0 Å². The normalized spacial score (nSPS) is 16.3. The monoisotopic (exact) mass is 363 g/mol. The Bertz CT molecular complexity index is 542. The van der Waals surface area contributed by atoms with Gasteiger partial charge in [-0.1, -0.05) is 26.0 Å². The van der Waals surface area contributed by atoms with Gasteiger partial charge in [-0.25, -0.2) is 4.79 Å². The first-order valence-electron chi connectivity index (χ1n) is 9.43. The highest BCUT2D eigenvalue weighted by molar-refractivity contribution is 5.73. The van der Waals surface area contributed by atoms with Crippen molar-refractivity contribution in [2.45, 2.75) is 32.9 Å². The zero-order valence-electron chi connectivity index (χ0n) is 16.5. The van der Waals surface area contributed by atoms with Gasteiger partial charge in [-0.05, 0) is 30.0 Å². The molecule has 0 spiro atoms. The fourth-order valence-corrected chi connectivity index (χ4v) is 3.26. The van der Waals surface area contributed by atoms with Gasteiger partial charge in [-0.3, -0.25) is 4.90 Å². The van der Waals surface area contributed by atoms with Gasteiger partial charge in [-0.15, -0.1) is 0 Å². The van der Waals surface area contributed by atoms with Gasteiger partial charge in [0.2, 0.25) is 0 Å². The molecule has 6 nitrogen and oxygen atoms in total. The molecule has 1 aromatic rings. The van der Waals surface area contributed by atoms with Crippen LogP contribution in [-0.2, 0) is 11.3 Å². The lowest BCUT2D eigenvalue weighted by molar-refractivity contribution is 0.0127. The van der Waals surface area contributed by atoms with E-state index in [4.69, 9.17) is 9.47 Å². The summed E-state index contributed by atoms with van der Waals surface area (Å²) in [5.74, 6) is 1.42. The molecule has 2 amide bonds. The predicted molar refractivity (Wildman–Crippen MR) is 103 cm³/mol. The van der Waals surface area contributed by atoms with Gasteiger partial charge in [0.25, 0.3) is 0 Å². The van der Waals surface area contributed by atoms with Crippen LogP contribution in [0.15, 0.2) is 24.3 Å². The zero-order valence-corrected chi connectivity index (χ0v) is 16.5. The van der Waals surface area contributed by atoms with E-state index in [9.17, 15) is 4.79 Å². The molecule has 26 heavy (non-hydrogen) atoms. The Kier molecular flexibility index (Phi) is 8.19. The van der Waals surface area contributed by atoms with Gasteiger partial charge in [0, 0.05) is 39.3 Å². The van der Waals surface area contributed by atoms with Crippen molar-refractivity contribution < 1.29 is 14.3 Å². The summed E-state index contributed by atoms with van der Waals surface area (Å²) in [5.41, 5.74) is 1.08. The number of carbonyl (C=O) groups is 1. The molecule has 0 bridgehead atoms. The predicted octanol–water partition coefficient (Wildman–Crippen LogP) is 2.58. The second-order valence-electron chi connectivity index (χ2n) is 7.32. The molecule has 1 heterocycles. The van der Waals surface area contributed by atoms with E-state index in [0.717, 1.165) is 44.0 Å². The van der Waals surface area contributed by atoms with Crippen molar-refractivity contribution in [3.8, 4) is 5.75 Å². The summed E-state index contributed by atoms with van der Waals surface area (Å²) in [4.78, 5) is 16.6. The van der Waals surface area contributed by atoms with E-state index in [1.807, 2.05) is 31.3 Å². The highest BCUT2D eigenvalue weighted by Crippen LogP contribution is 2.14. The molecule has 0 aliphatic carbocycles. The second-order valence-corrected chi connectivity index (χ2v) is 7.32. The number of morpholine rings is 1. The number of carbonyl (C=O) groups excluding carboxylic acids is 1. The van der Waals surface area contributed by atoms with Crippen LogP contribution in [0.5, 0.6) is 5.75 Å². The Labute approximate surface area is 157 Å². The standard InChI is InChI=1S/C20H33N3O3/c1-16(2)13-18(23-9-11-26-12-10-23)14-21-20(24)22(3)15-17-5-7-19(25-4)8-6-17/h5-8,16,18H,9-15H2,1-4H3,(H,21,24). The molecule has 1 unspecified atom stereocenters. The maximum absolute atomic E-state index is 12.5. The lowest BCUT2D eigenvalue weighted by Crippen LogP contribution is -2.50. The largest absolute Gasteiger partial charge is 0.497 e. The summed E-state index contributed by atoms with van der Waals surface area (Å²) in [6.07, 6.45) is 1.07. The first-order chi connectivity index (χ1) is 12.5. The average molecular weight is 364 g/mol. The van der Waals surface area contributed by atoms with E-state index >= 15 is 0 Å². The number of rotatable bonds is 8. The summed E-state index contributed by atoms with van der Waals surface area (Å²) < 4.78 is 10.6. The molecule has 1 saturated heterocycles. The Balaban J connectivity index is 1.84. The molecule has 2 rings (SSSR count). The molecule has 1 aromatic carbocycles. The molecule has 1 aliphatic rings. The lowest BCUT2D eigenvalue weighted by Gasteiger charge is -2.35. The van der Waals surface area contributed by atoms with Crippen molar-refractivity contribution in [1.82, 2.24) is 15.1 Å². The molecule has 1 fully saturated rings. The molecule has 146 valence electrons. The van der Waals surface area contributed by atoms with Crippen LogP contribution in [0.3, 0.4) is 0 Å². The number of hydrogen-bond donors (Lipinski definition) is 1. The summed E-state index contributed by atoms with van der Waals surface area (Å²) in [5, 5.41) is 3.11. The number of methoxy groups -OCH3 is 1. The van der Waals surface area contributed by atoms with E-state index in [0.29, 0.717) is 25.0 Å². The molecule has 0 saturated carbocycles. The Morgan fingerprint density at radius 3 is 2.50 bits per heavy atom. The van der Waals surface area contributed by atoms with E-state index in [-0.39, 0.29) is 6.03 Å². The van der Waals surface area contributed by atoms with Crippen molar-refractivity contribution in [3.63, 3.8) is 0 Å². The molecular weight excluding hydrogens is 330 g/mol. The third-order valence-electron chi connectivity index (χ3n) is 4.72. The molecule has 0 radical (unpaired) electrons. The lowest BCUT2D eigenvalue weighted by atomic mass is 10.0. The smallest absolute Gasteiger partial charge is 0.317 e. The number of nitrogens with one attached hydrogen (secondary N) is 1. The van der Waals surface area contributed by atoms with E-state index < -0.39 is 0 Å². The topological polar surface area (TPSA) is 54.0 Å². The van der Waals surface area contributed by atoms with Gasteiger partial charge in [0.15, 0.2) is 0 Å². The molecule has 0 aromatic heterocycles. The van der Waals surface area contributed by atoms with Gasteiger partial charge >= 0.3 is 6.03 Å². The van der Waals surface area contributed by atoms with Crippen molar-refractivity contribution in [2.75, 3.05) is 47.0 Å². The van der Waals surface area contributed by atoms with Gasteiger partial charge in [-0.2, -0.15) is 0 Å². The highest BCUT2D eigenvalue weighted by Gasteiger charge is 2.23. The number of benzene rings is 1. The number of urea groups is 1. The molecule has 6 heteroatoms. The van der Waals surface area contributed by atoms with E-state index in [1.165, 1.54) is 0 Å². The summed E-state index contributed by atoms with van der Waals surface area (Å²) in [7, 11) is 3.47. The number of nitrogens with zero attached hydrogens (tertiary/aromatic N) is 2. The molecule has 1 N–H and O–H groups in total. The van der Waals surface area contributed by atoms with Crippen LogP contribution in [0.2, 0.25) is 0 Å².